The van der Waals surface area contributed by atoms with Gasteiger partial charge >= 0.3 is 6.03 Å². The van der Waals surface area contributed by atoms with E-state index in [1.807, 2.05) is 32.0 Å². The van der Waals surface area contributed by atoms with E-state index in [1.165, 1.54) is 0 Å². The second-order valence-electron chi connectivity index (χ2n) is 12.4. The number of nitrogens with one attached hydrogen (secondary N) is 2. The Hall–Kier alpha value is -4.61. The van der Waals surface area contributed by atoms with Crippen molar-refractivity contribution >= 4 is 29.2 Å². The third-order valence-corrected chi connectivity index (χ3v) is 8.48. The van der Waals surface area contributed by atoms with Crippen molar-refractivity contribution in [2.75, 3.05) is 51.1 Å². The van der Waals surface area contributed by atoms with E-state index in [4.69, 9.17) is 14.2 Å². The van der Waals surface area contributed by atoms with Crippen molar-refractivity contribution < 1.29 is 33.7 Å². The summed E-state index contributed by atoms with van der Waals surface area (Å²) in [4.78, 5) is 43.7. The van der Waals surface area contributed by atoms with Gasteiger partial charge in [-0.1, -0.05) is 25.1 Å². The zero-order valence-electron chi connectivity index (χ0n) is 28.5. The molecular weight excluding hydrogens is 612 g/mol. The first-order valence-electron chi connectivity index (χ1n) is 16.5. The monoisotopic (exact) mass is 660 g/mol. The molecule has 0 saturated heterocycles. The molecule has 3 aromatic rings. The zero-order chi connectivity index (χ0) is 34.6. The molecule has 0 fully saturated rings. The van der Waals surface area contributed by atoms with Crippen LogP contribution in [0.25, 0.3) is 0 Å². The third-order valence-electron chi connectivity index (χ3n) is 8.48. The summed E-state index contributed by atoms with van der Waals surface area (Å²) in [5.41, 5.74) is 1.83. The number of anilines is 2. The van der Waals surface area contributed by atoms with E-state index in [9.17, 15) is 19.5 Å². The molecule has 0 bridgehead atoms. The molecule has 3 aromatic carbocycles. The van der Waals surface area contributed by atoms with Gasteiger partial charge in [0.1, 0.15) is 11.5 Å². The molecule has 0 aromatic heterocycles. The smallest absolute Gasteiger partial charge is 0.323 e. The minimum Gasteiger partial charge on any atom is -0.497 e. The average molecular weight is 661 g/mol. The zero-order valence-corrected chi connectivity index (χ0v) is 28.5. The summed E-state index contributed by atoms with van der Waals surface area (Å²) in [5, 5.41) is 15.8. The Morgan fingerprint density at radius 2 is 1.71 bits per heavy atom. The second-order valence-corrected chi connectivity index (χ2v) is 12.4. The number of aliphatic hydroxyl groups is 1. The van der Waals surface area contributed by atoms with Gasteiger partial charge in [0.15, 0.2) is 0 Å². The number of ether oxygens (including phenoxy) is 3. The Labute approximate surface area is 283 Å². The largest absolute Gasteiger partial charge is 0.497 e. The minimum atomic E-state index is -0.530. The predicted octanol–water partition coefficient (Wildman–Crippen LogP) is 5.91. The number of carbonyl (C=O) groups excluding carboxylic acids is 3. The molecule has 1 heterocycles. The maximum absolute atomic E-state index is 14.4. The lowest BCUT2D eigenvalue weighted by atomic mass is 10.0. The van der Waals surface area contributed by atoms with Gasteiger partial charge in [0.05, 0.1) is 37.5 Å². The number of urea groups is 1. The van der Waals surface area contributed by atoms with Crippen LogP contribution in [0.1, 0.15) is 60.7 Å². The highest BCUT2D eigenvalue weighted by molar-refractivity contribution is 6.02. The number of methoxy groups -OCH3 is 1. The van der Waals surface area contributed by atoms with Gasteiger partial charge in [0, 0.05) is 49.6 Å². The third kappa shape index (κ3) is 9.95. The van der Waals surface area contributed by atoms with Gasteiger partial charge in [-0.25, -0.2) is 4.79 Å². The van der Waals surface area contributed by atoms with Crippen molar-refractivity contribution in [3.63, 3.8) is 0 Å². The van der Waals surface area contributed by atoms with Crippen molar-refractivity contribution in [2.24, 2.45) is 5.92 Å². The number of aliphatic hydroxyl groups excluding tert-OH is 1. The van der Waals surface area contributed by atoms with E-state index in [2.05, 4.69) is 10.6 Å². The van der Waals surface area contributed by atoms with Crippen molar-refractivity contribution in [1.29, 1.82) is 0 Å². The number of carbonyl (C=O) groups is 3. The van der Waals surface area contributed by atoms with Crippen LogP contribution in [-0.4, -0.2) is 91.5 Å². The molecule has 0 radical (unpaired) electrons. The van der Waals surface area contributed by atoms with Crippen molar-refractivity contribution in [2.45, 2.75) is 58.3 Å². The van der Waals surface area contributed by atoms with Crippen molar-refractivity contribution in [1.82, 2.24) is 9.80 Å². The van der Waals surface area contributed by atoms with Gasteiger partial charge in [0.2, 0.25) is 0 Å². The number of hydrogen-bond acceptors (Lipinski definition) is 7. The highest BCUT2D eigenvalue weighted by Crippen LogP contribution is 2.29. The summed E-state index contributed by atoms with van der Waals surface area (Å²) >= 11 is 0. The SMILES string of the molecule is COc1ccc(NC(=O)Nc2ccc3c(c2)C(=O)N([C@H](C)CO)C[C@H](C)[C@@H](CN(C)C(=O)c2ccccc2)OCCCC[C@@H](C)O3)cc1. The fourth-order valence-corrected chi connectivity index (χ4v) is 5.58. The topological polar surface area (TPSA) is 130 Å². The van der Waals surface area contributed by atoms with E-state index in [0.29, 0.717) is 41.6 Å². The van der Waals surface area contributed by atoms with Gasteiger partial charge in [-0.2, -0.15) is 0 Å². The summed E-state index contributed by atoms with van der Waals surface area (Å²) in [6.45, 7) is 6.55. The van der Waals surface area contributed by atoms with Gasteiger partial charge in [0.25, 0.3) is 11.8 Å². The second kappa shape index (κ2) is 17.5. The molecule has 258 valence electrons. The Kier molecular flexibility index (Phi) is 13.2. The molecule has 0 spiro atoms. The van der Waals surface area contributed by atoms with E-state index >= 15 is 0 Å². The Balaban J connectivity index is 1.59. The van der Waals surface area contributed by atoms with E-state index in [-0.39, 0.29) is 48.7 Å². The number of nitrogens with zero attached hydrogens (tertiary/aromatic N) is 2. The molecule has 3 N–H and O–H groups in total. The number of benzene rings is 3. The van der Waals surface area contributed by atoms with Gasteiger partial charge in [-0.15, -0.1) is 0 Å². The summed E-state index contributed by atoms with van der Waals surface area (Å²) in [5.74, 6) is 0.403. The van der Waals surface area contributed by atoms with Crippen LogP contribution in [0.4, 0.5) is 16.2 Å². The number of fused-ring (bicyclic) bond motifs is 1. The normalized spacial score (nSPS) is 19.6. The van der Waals surface area contributed by atoms with E-state index in [1.54, 1.807) is 85.5 Å². The first-order chi connectivity index (χ1) is 23.1. The van der Waals surface area contributed by atoms with Gasteiger partial charge in [-0.3, -0.25) is 9.59 Å². The van der Waals surface area contributed by atoms with Crippen LogP contribution in [0, 0.1) is 5.92 Å². The number of rotatable bonds is 8. The Morgan fingerprint density at radius 1 is 1.02 bits per heavy atom. The van der Waals surface area contributed by atoms with Gasteiger partial charge in [-0.05, 0) is 87.7 Å². The van der Waals surface area contributed by atoms with Crippen LogP contribution in [0.3, 0.4) is 0 Å². The molecule has 11 nitrogen and oxygen atoms in total. The fourth-order valence-electron chi connectivity index (χ4n) is 5.58. The fraction of sp³-hybridized carbons (Fsp3) is 0.432. The molecule has 0 unspecified atom stereocenters. The lowest BCUT2D eigenvalue weighted by Gasteiger charge is -2.36. The Bertz CT molecular complexity index is 1500. The average Bonchev–Trinajstić information content (AvgIpc) is 3.09. The van der Waals surface area contributed by atoms with Crippen LogP contribution in [0.5, 0.6) is 11.5 Å². The van der Waals surface area contributed by atoms with E-state index < -0.39 is 12.1 Å². The molecule has 4 rings (SSSR count). The van der Waals surface area contributed by atoms with Crippen LogP contribution < -0.4 is 20.1 Å². The number of likely N-dealkylation sites (N-methyl/N-ethyl adjacent to an activating group) is 1. The summed E-state index contributed by atoms with van der Waals surface area (Å²) in [6, 6.07) is 20.0. The lowest BCUT2D eigenvalue weighted by molar-refractivity contribution is -0.0149. The molecule has 1 aliphatic heterocycles. The molecule has 0 aliphatic carbocycles. The molecule has 0 saturated carbocycles. The first-order valence-corrected chi connectivity index (χ1v) is 16.5. The number of hydrogen-bond donors (Lipinski definition) is 3. The first kappa shape index (κ1) is 36.2. The lowest BCUT2D eigenvalue weighted by Crippen LogP contribution is -2.48. The van der Waals surface area contributed by atoms with Crippen molar-refractivity contribution in [3.8, 4) is 11.5 Å². The van der Waals surface area contributed by atoms with Crippen LogP contribution in [-0.2, 0) is 4.74 Å². The maximum atomic E-state index is 14.4. The highest BCUT2D eigenvalue weighted by Gasteiger charge is 2.31. The van der Waals surface area contributed by atoms with E-state index in [0.717, 1.165) is 19.3 Å². The molecular formula is C37H48N4O7. The predicted molar refractivity (Wildman–Crippen MR) is 186 cm³/mol. The summed E-state index contributed by atoms with van der Waals surface area (Å²) in [6.07, 6.45) is 1.84. The van der Waals surface area contributed by atoms with Crippen LogP contribution in [0.15, 0.2) is 72.8 Å². The van der Waals surface area contributed by atoms with Crippen LogP contribution in [0.2, 0.25) is 0 Å². The Morgan fingerprint density at radius 3 is 2.40 bits per heavy atom. The molecule has 4 atom stereocenters. The van der Waals surface area contributed by atoms with Crippen molar-refractivity contribution in [3.05, 3.63) is 83.9 Å². The maximum Gasteiger partial charge on any atom is 0.323 e. The summed E-state index contributed by atoms with van der Waals surface area (Å²) < 4.78 is 17.8. The standard InChI is InChI=1S/C37H48N4O7/c1-25-22-41(26(2)24-42)36(44)32-21-30(39-37(45)38-29-14-17-31(46-5)18-15-29)16-19-33(32)48-27(3)11-9-10-20-47-34(25)23-40(4)35(43)28-12-7-6-8-13-28/h6-8,12-19,21,25-27,34,42H,9-11,20,22-24H2,1-5H3,(H2,38,39,45)/t25-,26+,27+,34+/m0/s1. The number of amides is 4. The molecule has 4 amide bonds. The molecule has 1 aliphatic rings. The molecule has 11 heteroatoms. The summed E-state index contributed by atoms with van der Waals surface area (Å²) in [7, 11) is 3.32. The molecule has 48 heavy (non-hydrogen) atoms. The van der Waals surface area contributed by atoms with Crippen LogP contribution >= 0.6 is 0 Å². The highest BCUT2D eigenvalue weighted by atomic mass is 16.5. The van der Waals surface area contributed by atoms with Gasteiger partial charge < -0.3 is 39.8 Å². The minimum absolute atomic E-state index is 0.113. The quantitative estimate of drug-likeness (QED) is 0.274.